The van der Waals surface area contributed by atoms with Gasteiger partial charge in [-0.2, -0.15) is 0 Å². The third-order valence-corrected chi connectivity index (χ3v) is 4.62. The van der Waals surface area contributed by atoms with Crippen LogP contribution in [0.5, 0.6) is 0 Å². The number of hydrogen-bond donors (Lipinski definition) is 1. The van der Waals surface area contributed by atoms with E-state index in [1.54, 1.807) is 24.4 Å². The SMILES string of the molecule is CCC(C)NC(=O)c1ccnc(N2CCN(c3ccccc3F)CC2)n1. The van der Waals surface area contributed by atoms with Crippen molar-refractivity contribution in [2.45, 2.75) is 26.3 Å². The number of para-hydroxylation sites is 1. The van der Waals surface area contributed by atoms with Crippen molar-refractivity contribution in [1.29, 1.82) is 0 Å². The molecule has 138 valence electrons. The highest BCUT2D eigenvalue weighted by Crippen LogP contribution is 2.21. The molecule has 0 spiro atoms. The van der Waals surface area contributed by atoms with Crippen LogP contribution >= 0.6 is 0 Å². The maximum absolute atomic E-state index is 13.9. The van der Waals surface area contributed by atoms with Crippen LogP contribution in [0.1, 0.15) is 30.8 Å². The van der Waals surface area contributed by atoms with Gasteiger partial charge in [-0.1, -0.05) is 19.1 Å². The number of benzene rings is 1. The Labute approximate surface area is 153 Å². The Morgan fingerprint density at radius 3 is 2.58 bits per heavy atom. The third kappa shape index (κ3) is 4.09. The van der Waals surface area contributed by atoms with E-state index in [0.717, 1.165) is 6.42 Å². The molecule has 0 aliphatic carbocycles. The minimum absolute atomic E-state index is 0.102. The van der Waals surface area contributed by atoms with Crippen LogP contribution in [0.4, 0.5) is 16.0 Å². The van der Waals surface area contributed by atoms with Crippen molar-refractivity contribution in [1.82, 2.24) is 15.3 Å². The van der Waals surface area contributed by atoms with Gasteiger partial charge in [0, 0.05) is 38.4 Å². The van der Waals surface area contributed by atoms with Gasteiger partial charge in [0.25, 0.3) is 5.91 Å². The van der Waals surface area contributed by atoms with Crippen LogP contribution in [-0.2, 0) is 0 Å². The van der Waals surface area contributed by atoms with Gasteiger partial charge in [-0.3, -0.25) is 4.79 Å². The standard InChI is InChI=1S/C19H24FN5O/c1-3-14(2)22-18(26)16-8-9-21-19(23-16)25-12-10-24(11-13-25)17-7-5-4-6-15(17)20/h4-9,14H,3,10-13H2,1-2H3,(H,22,26). The van der Waals surface area contributed by atoms with Gasteiger partial charge >= 0.3 is 0 Å². The molecule has 0 radical (unpaired) electrons. The average Bonchev–Trinajstić information content (AvgIpc) is 2.68. The van der Waals surface area contributed by atoms with Gasteiger partial charge in [-0.25, -0.2) is 14.4 Å². The van der Waals surface area contributed by atoms with Crippen molar-refractivity contribution in [2.75, 3.05) is 36.0 Å². The van der Waals surface area contributed by atoms with E-state index in [9.17, 15) is 9.18 Å². The van der Waals surface area contributed by atoms with Crippen LogP contribution in [0.2, 0.25) is 0 Å². The molecule has 6 nitrogen and oxygen atoms in total. The first-order valence-corrected chi connectivity index (χ1v) is 8.96. The Morgan fingerprint density at radius 1 is 1.19 bits per heavy atom. The summed E-state index contributed by atoms with van der Waals surface area (Å²) in [5.74, 6) is 0.142. The molecule has 1 atom stereocenters. The zero-order valence-corrected chi connectivity index (χ0v) is 15.2. The van der Waals surface area contributed by atoms with Crippen molar-refractivity contribution >= 4 is 17.5 Å². The van der Waals surface area contributed by atoms with E-state index < -0.39 is 0 Å². The lowest BCUT2D eigenvalue weighted by Gasteiger charge is -2.36. The number of nitrogens with one attached hydrogen (secondary N) is 1. The minimum Gasteiger partial charge on any atom is -0.366 e. The largest absolute Gasteiger partial charge is 0.366 e. The predicted octanol–water partition coefficient (Wildman–Crippen LogP) is 2.47. The highest BCUT2D eigenvalue weighted by Gasteiger charge is 2.22. The summed E-state index contributed by atoms with van der Waals surface area (Å²) in [7, 11) is 0. The van der Waals surface area contributed by atoms with E-state index in [2.05, 4.69) is 15.3 Å². The number of anilines is 2. The molecular formula is C19H24FN5O. The second-order valence-electron chi connectivity index (χ2n) is 6.45. The van der Waals surface area contributed by atoms with Gasteiger partial charge in [0.05, 0.1) is 5.69 Å². The zero-order chi connectivity index (χ0) is 18.5. The summed E-state index contributed by atoms with van der Waals surface area (Å²) in [4.78, 5) is 25.0. The maximum Gasteiger partial charge on any atom is 0.270 e. The lowest BCUT2D eigenvalue weighted by atomic mass is 10.2. The number of aromatic nitrogens is 2. The molecule has 3 rings (SSSR count). The van der Waals surface area contributed by atoms with E-state index in [0.29, 0.717) is 43.5 Å². The monoisotopic (exact) mass is 357 g/mol. The molecule has 2 heterocycles. The van der Waals surface area contributed by atoms with Gasteiger partial charge in [0.15, 0.2) is 0 Å². The van der Waals surface area contributed by atoms with E-state index in [-0.39, 0.29) is 17.8 Å². The topological polar surface area (TPSA) is 61.4 Å². The maximum atomic E-state index is 13.9. The number of rotatable bonds is 5. The number of carbonyl (C=O) groups excluding carboxylic acids is 1. The fourth-order valence-electron chi connectivity index (χ4n) is 2.88. The summed E-state index contributed by atoms with van der Waals surface area (Å²) >= 11 is 0. The first kappa shape index (κ1) is 18.1. The van der Waals surface area contributed by atoms with E-state index in [1.807, 2.05) is 29.7 Å². The van der Waals surface area contributed by atoms with E-state index in [4.69, 9.17) is 0 Å². The lowest BCUT2D eigenvalue weighted by Crippen LogP contribution is -2.47. The first-order valence-electron chi connectivity index (χ1n) is 8.96. The fourth-order valence-corrected chi connectivity index (χ4v) is 2.88. The molecule has 1 saturated heterocycles. The smallest absolute Gasteiger partial charge is 0.270 e. The van der Waals surface area contributed by atoms with Gasteiger partial charge < -0.3 is 15.1 Å². The van der Waals surface area contributed by atoms with Crippen LogP contribution in [0.15, 0.2) is 36.5 Å². The number of halogens is 1. The van der Waals surface area contributed by atoms with Crippen molar-refractivity contribution in [3.63, 3.8) is 0 Å². The molecule has 1 fully saturated rings. The summed E-state index contributed by atoms with van der Waals surface area (Å²) < 4.78 is 13.9. The quantitative estimate of drug-likeness (QED) is 0.891. The molecule has 1 amide bonds. The number of nitrogens with zero attached hydrogens (tertiary/aromatic N) is 4. The first-order chi connectivity index (χ1) is 12.6. The lowest BCUT2D eigenvalue weighted by molar-refractivity contribution is 0.0934. The number of hydrogen-bond acceptors (Lipinski definition) is 5. The Balaban J connectivity index is 1.65. The molecule has 7 heteroatoms. The third-order valence-electron chi connectivity index (χ3n) is 4.62. The van der Waals surface area contributed by atoms with E-state index in [1.165, 1.54) is 6.07 Å². The van der Waals surface area contributed by atoms with Crippen LogP contribution in [0.3, 0.4) is 0 Å². The van der Waals surface area contributed by atoms with Crippen LogP contribution in [0, 0.1) is 5.82 Å². The molecule has 1 aromatic carbocycles. The molecule has 1 unspecified atom stereocenters. The molecule has 1 aliphatic heterocycles. The Kier molecular flexibility index (Phi) is 5.65. The number of amides is 1. The number of piperazine rings is 1. The highest BCUT2D eigenvalue weighted by atomic mass is 19.1. The highest BCUT2D eigenvalue weighted by molar-refractivity contribution is 5.92. The molecular weight excluding hydrogens is 333 g/mol. The summed E-state index contributed by atoms with van der Waals surface area (Å²) in [5, 5.41) is 2.91. The Morgan fingerprint density at radius 2 is 1.88 bits per heavy atom. The van der Waals surface area contributed by atoms with E-state index >= 15 is 0 Å². The Bertz CT molecular complexity index is 761. The van der Waals surface area contributed by atoms with Crippen molar-refractivity contribution in [3.8, 4) is 0 Å². The van der Waals surface area contributed by atoms with Crippen molar-refractivity contribution < 1.29 is 9.18 Å². The molecule has 1 aromatic heterocycles. The minimum atomic E-state index is -0.207. The van der Waals surface area contributed by atoms with Crippen LogP contribution in [0.25, 0.3) is 0 Å². The molecule has 1 aliphatic rings. The normalized spacial score (nSPS) is 15.7. The summed E-state index contributed by atoms with van der Waals surface area (Å²) in [6.07, 6.45) is 2.47. The predicted molar refractivity (Wildman–Crippen MR) is 100 cm³/mol. The summed E-state index contributed by atoms with van der Waals surface area (Å²) in [6, 6.07) is 8.53. The number of carbonyl (C=O) groups is 1. The van der Waals surface area contributed by atoms with Gasteiger partial charge in [-0.05, 0) is 31.5 Å². The molecule has 0 bridgehead atoms. The zero-order valence-electron chi connectivity index (χ0n) is 15.2. The van der Waals surface area contributed by atoms with Crippen molar-refractivity contribution in [2.24, 2.45) is 0 Å². The molecule has 1 N–H and O–H groups in total. The van der Waals surface area contributed by atoms with Gasteiger partial charge in [0.1, 0.15) is 11.5 Å². The summed E-state index contributed by atoms with van der Waals surface area (Å²) in [5.41, 5.74) is 0.988. The van der Waals surface area contributed by atoms with Crippen LogP contribution in [-0.4, -0.2) is 48.1 Å². The summed E-state index contributed by atoms with van der Waals surface area (Å²) in [6.45, 7) is 6.67. The molecule has 26 heavy (non-hydrogen) atoms. The second-order valence-corrected chi connectivity index (χ2v) is 6.45. The average molecular weight is 357 g/mol. The molecule has 0 saturated carbocycles. The van der Waals surface area contributed by atoms with Crippen molar-refractivity contribution in [3.05, 3.63) is 48.0 Å². The second kappa shape index (κ2) is 8.12. The fraction of sp³-hybridized carbons (Fsp3) is 0.421. The van der Waals surface area contributed by atoms with Crippen LogP contribution < -0.4 is 15.1 Å². The van der Waals surface area contributed by atoms with Gasteiger partial charge in [0.2, 0.25) is 5.95 Å². The van der Waals surface area contributed by atoms with Gasteiger partial charge in [-0.15, -0.1) is 0 Å². The molecule has 2 aromatic rings. The Hall–Kier alpha value is -2.70.